The number of carbonyl (C=O) groups excluding carboxylic acids is 2. The van der Waals surface area contributed by atoms with Crippen molar-refractivity contribution in [2.45, 2.75) is 65.2 Å². The smallest absolute Gasteiger partial charge is 0.405 e. The third kappa shape index (κ3) is 9.63. The highest BCUT2D eigenvalue weighted by Crippen LogP contribution is 2.42. The summed E-state index contributed by atoms with van der Waals surface area (Å²) in [7, 11) is 3.10. The third-order valence-corrected chi connectivity index (χ3v) is 13.0. The van der Waals surface area contributed by atoms with Crippen LogP contribution >= 0.6 is 0 Å². The maximum Gasteiger partial charge on any atom is 0.405 e. The molecule has 4 N–H and O–H groups in total. The van der Waals surface area contributed by atoms with E-state index >= 15 is 0 Å². The molecule has 3 amide bonds. The molecule has 5 heterocycles. The van der Waals surface area contributed by atoms with Gasteiger partial charge in [0, 0.05) is 37.3 Å². The summed E-state index contributed by atoms with van der Waals surface area (Å²) in [6.45, 7) is 6.75. The molecule has 0 saturated heterocycles. The summed E-state index contributed by atoms with van der Waals surface area (Å²) in [6.07, 6.45) is 14.8. The summed E-state index contributed by atoms with van der Waals surface area (Å²) in [6, 6.07) is 11.2. The molecule has 0 saturated carbocycles. The fraction of sp³-hybridized carbons (Fsp3) is 0.353. The molecule has 2 aromatic carbocycles. The van der Waals surface area contributed by atoms with Crippen LogP contribution in [-0.2, 0) is 22.7 Å². The lowest BCUT2D eigenvalue weighted by atomic mass is 9.87. The van der Waals surface area contributed by atoms with Gasteiger partial charge in [-0.25, -0.2) is 4.79 Å². The van der Waals surface area contributed by atoms with Crippen LogP contribution in [0.3, 0.4) is 0 Å². The van der Waals surface area contributed by atoms with E-state index in [-0.39, 0.29) is 31.2 Å². The molecule has 0 radical (unpaired) electrons. The van der Waals surface area contributed by atoms with E-state index in [0.717, 1.165) is 37.5 Å². The SMILES string of the molecule is COc1c(OCCCOc2cn3c(c2OC)C=[N+]([O-])C2=CC=C(c4ccc5c(c4)OCO5)CC2C3)cn2c1C=[N+]([O-])C1=CC=C(c3ccc(NC(=O)C(C)NC(=O)C(NC(=O)O)C(C)C)cc3)CC1C2. The largest absolute Gasteiger partial charge is 0.618 e. The number of rotatable bonds is 16. The first-order valence-corrected chi connectivity index (χ1v) is 23.1. The number of methoxy groups -OCH3 is 2. The Hall–Kier alpha value is -8.09. The summed E-state index contributed by atoms with van der Waals surface area (Å²) in [5.74, 6) is 1.72. The van der Waals surface area contributed by atoms with Crippen LogP contribution in [0.4, 0.5) is 10.5 Å². The van der Waals surface area contributed by atoms with Gasteiger partial charge in [0.05, 0.1) is 51.7 Å². The number of hydroxylamine groups is 2. The lowest BCUT2D eigenvalue weighted by Crippen LogP contribution is -2.53. The van der Waals surface area contributed by atoms with Crippen LogP contribution < -0.4 is 44.4 Å². The highest BCUT2D eigenvalue weighted by Gasteiger charge is 2.35. The van der Waals surface area contributed by atoms with E-state index in [1.165, 1.54) is 19.4 Å². The Bertz CT molecular complexity index is 2900. The van der Waals surface area contributed by atoms with Crippen molar-refractivity contribution >= 4 is 47.2 Å². The van der Waals surface area contributed by atoms with Crippen molar-refractivity contribution < 1.29 is 57.4 Å². The van der Waals surface area contributed by atoms with E-state index in [9.17, 15) is 24.8 Å². The molecule has 19 heteroatoms. The second-order valence-electron chi connectivity index (χ2n) is 18.0. The Kier molecular flexibility index (Phi) is 13.3. The number of hydrogen-bond donors (Lipinski definition) is 4. The quantitative estimate of drug-likeness (QED) is 0.0538. The molecule has 0 spiro atoms. The monoisotopic (exact) mass is 957 g/mol. The predicted molar refractivity (Wildman–Crippen MR) is 259 cm³/mol. The molecule has 5 aliphatic rings. The van der Waals surface area contributed by atoms with Crippen LogP contribution in [0.5, 0.6) is 34.5 Å². The number of amides is 3. The summed E-state index contributed by atoms with van der Waals surface area (Å²) in [4.78, 5) is 36.8. The van der Waals surface area contributed by atoms with E-state index in [2.05, 4.69) is 16.0 Å². The molecule has 4 unspecified atom stereocenters. The zero-order valence-electron chi connectivity index (χ0n) is 39.4. The fourth-order valence-corrected chi connectivity index (χ4v) is 9.43. The number of anilines is 1. The Balaban J connectivity index is 0.791. The van der Waals surface area contributed by atoms with Gasteiger partial charge in [0.25, 0.3) is 0 Å². The molecule has 2 aliphatic carbocycles. The van der Waals surface area contributed by atoms with Gasteiger partial charge >= 0.3 is 6.09 Å². The fourth-order valence-electron chi connectivity index (χ4n) is 9.43. The number of carboxylic acid groups (broad SMARTS) is 1. The van der Waals surface area contributed by atoms with Gasteiger partial charge < -0.3 is 69.0 Å². The molecule has 19 nitrogen and oxygen atoms in total. The van der Waals surface area contributed by atoms with Crippen molar-refractivity contribution in [1.29, 1.82) is 0 Å². The molecule has 70 heavy (non-hydrogen) atoms. The van der Waals surface area contributed by atoms with Gasteiger partial charge in [0.2, 0.25) is 31.0 Å². The number of carbonyl (C=O) groups is 3. The average Bonchev–Trinajstić information content (AvgIpc) is 3.99. The minimum atomic E-state index is -1.33. The number of fused-ring (bicyclic) bond motifs is 5. The first-order chi connectivity index (χ1) is 33.8. The summed E-state index contributed by atoms with van der Waals surface area (Å²) in [5, 5.41) is 43.7. The first-order valence-electron chi connectivity index (χ1n) is 23.1. The minimum absolute atomic E-state index is 0.0889. The minimum Gasteiger partial charge on any atom is -0.618 e. The van der Waals surface area contributed by atoms with Gasteiger partial charge in [-0.15, -0.1) is 0 Å². The first kappa shape index (κ1) is 47.0. The van der Waals surface area contributed by atoms with Crippen molar-refractivity contribution in [2.24, 2.45) is 17.8 Å². The van der Waals surface area contributed by atoms with Crippen LogP contribution in [-0.4, -0.2) is 100 Å². The zero-order chi connectivity index (χ0) is 49.2. The number of aromatic nitrogens is 2. The Morgan fingerprint density at radius 3 is 1.83 bits per heavy atom. The van der Waals surface area contributed by atoms with Crippen molar-refractivity contribution in [3.05, 3.63) is 123 Å². The van der Waals surface area contributed by atoms with Gasteiger partial charge in [-0.1, -0.05) is 44.2 Å². The molecule has 4 aromatic rings. The van der Waals surface area contributed by atoms with Crippen LogP contribution in [0.25, 0.3) is 11.1 Å². The second kappa shape index (κ2) is 19.9. The van der Waals surface area contributed by atoms with E-state index < -0.39 is 30.0 Å². The molecule has 9 rings (SSSR count). The Morgan fingerprint density at radius 2 is 1.29 bits per heavy atom. The van der Waals surface area contributed by atoms with E-state index in [1.807, 2.05) is 76.2 Å². The predicted octanol–water partition coefficient (Wildman–Crippen LogP) is 6.48. The third-order valence-electron chi connectivity index (χ3n) is 13.0. The summed E-state index contributed by atoms with van der Waals surface area (Å²) in [5.41, 5.74) is 7.04. The van der Waals surface area contributed by atoms with Crippen LogP contribution in [0.2, 0.25) is 0 Å². The van der Waals surface area contributed by atoms with Gasteiger partial charge in [0.1, 0.15) is 12.1 Å². The highest BCUT2D eigenvalue weighted by molar-refractivity contribution is 5.98. The molecule has 366 valence electrons. The number of ether oxygens (including phenoxy) is 6. The second-order valence-corrected chi connectivity index (χ2v) is 18.0. The maximum atomic E-state index is 13.6. The van der Waals surface area contributed by atoms with Crippen molar-refractivity contribution in [3.8, 4) is 34.5 Å². The molecule has 0 fully saturated rings. The molecule has 2 aromatic heterocycles. The Labute approximate surface area is 403 Å². The lowest BCUT2D eigenvalue weighted by Gasteiger charge is -2.23. The van der Waals surface area contributed by atoms with Gasteiger partial charge in [0.15, 0.2) is 57.3 Å². The van der Waals surface area contributed by atoms with E-state index in [1.54, 1.807) is 40.2 Å². The number of nitrogens with one attached hydrogen (secondary N) is 3. The standard InChI is InChI=1S/C51H55N7O12/c1-29(2)46(54-51(61)62)50(60)52-30(3)49(59)53-37-12-7-31(8-13-37)32-9-14-38-35(19-32)22-55-26-44(47(65-4)40(55)24-57(38)63)67-17-6-18-68-45-27-56-23-36-20-33(34-11-16-42-43(21-34)70-28-69-42)10-15-39(36)58(64)25-41(56)48(45)66-5/h7-16,21,24-27,29-30,35-36,46,54H,6,17-20,22-23,28H2,1-5H3,(H,52,60)(H,53,59)(H,61,62). The molecule has 3 aliphatic heterocycles. The normalized spacial score (nSPS) is 18.5. The highest BCUT2D eigenvalue weighted by atomic mass is 16.7. The molecule has 4 atom stereocenters. The zero-order valence-corrected chi connectivity index (χ0v) is 39.4. The topological polar surface area (TPSA) is 225 Å². The van der Waals surface area contributed by atoms with Gasteiger partial charge in [-0.2, -0.15) is 9.48 Å². The van der Waals surface area contributed by atoms with Gasteiger partial charge in [-0.3, -0.25) is 9.59 Å². The van der Waals surface area contributed by atoms with Crippen molar-refractivity contribution in [1.82, 2.24) is 19.8 Å². The molecular formula is C51H55N7O12. The van der Waals surface area contributed by atoms with Crippen LogP contribution in [0, 0.1) is 28.2 Å². The number of benzene rings is 2. The van der Waals surface area contributed by atoms with Crippen molar-refractivity contribution in [3.63, 3.8) is 0 Å². The molecular weight excluding hydrogens is 903 g/mol. The summed E-state index contributed by atoms with van der Waals surface area (Å²) < 4.78 is 40.9. The lowest BCUT2D eigenvalue weighted by molar-refractivity contribution is -0.404. The summed E-state index contributed by atoms with van der Waals surface area (Å²) >= 11 is 0. The van der Waals surface area contributed by atoms with Crippen LogP contribution in [0.1, 0.15) is 62.5 Å². The van der Waals surface area contributed by atoms with E-state index in [0.29, 0.717) is 96.2 Å². The van der Waals surface area contributed by atoms with Gasteiger partial charge in [-0.05, 0) is 72.2 Å². The Morgan fingerprint density at radius 1 is 0.743 bits per heavy atom. The number of nitrogens with zero attached hydrogens (tertiary/aromatic N) is 4. The average molecular weight is 958 g/mol. The van der Waals surface area contributed by atoms with Crippen molar-refractivity contribution in [2.75, 3.05) is 39.5 Å². The number of allylic oxidation sites excluding steroid dienone is 8. The molecule has 0 bridgehead atoms. The van der Waals surface area contributed by atoms with E-state index in [4.69, 9.17) is 33.5 Å². The maximum absolute atomic E-state index is 13.6. The number of hydrogen-bond acceptors (Lipinski definition) is 11. The van der Waals surface area contributed by atoms with Crippen LogP contribution in [0.15, 0.2) is 90.6 Å².